The molecule has 2 fully saturated rings. The van der Waals surface area contributed by atoms with Crippen molar-refractivity contribution in [2.45, 2.75) is 32.1 Å². The highest BCUT2D eigenvalue weighted by Gasteiger charge is 2.33. The van der Waals surface area contributed by atoms with E-state index in [0.717, 1.165) is 25.8 Å². The summed E-state index contributed by atoms with van der Waals surface area (Å²) in [6.45, 7) is 3.25. The Morgan fingerprint density at radius 3 is 2.62 bits per heavy atom. The van der Waals surface area contributed by atoms with Gasteiger partial charge in [-0.25, -0.2) is 0 Å². The summed E-state index contributed by atoms with van der Waals surface area (Å²) >= 11 is 0. The van der Waals surface area contributed by atoms with E-state index in [2.05, 4.69) is 17.4 Å². The molecule has 1 aromatic rings. The maximum atomic E-state index is 12.3. The van der Waals surface area contributed by atoms with Gasteiger partial charge in [0.1, 0.15) is 0 Å². The van der Waals surface area contributed by atoms with Gasteiger partial charge in [0.15, 0.2) is 0 Å². The summed E-state index contributed by atoms with van der Waals surface area (Å²) in [7, 11) is 0. The average molecular weight is 357 g/mol. The summed E-state index contributed by atoms with van der Waals surface area (Å²) in [4.78, 5) is 39.6. The van der Waals surface area contributed by atoms with Crippen molar-refractivity contribution in [2.24, 2.45) is 5.92 Å². The fourth-order valence-corrected chi connectivity index (χ4v) is 3.64. The first kappa shape index (κ1) is 18.4. The minimum absolute atomic E-state index is 0.0479. The zero-order valence-electron chi connectivity index (χ0n) is 15.2. The number of carbonyl (C=O) groups is 3. The Hall–Kier alpha value is -2.37. The van der Waals surface area contributed by atoms with Gasteiger partial charge in [-0.2, -0.15) is 0 Å². The quantitative estimate of drug-likeness (QED) is 0.711. The SMILES string of the molecule is O=C(NCCCN1CCCC1=O)C1CC(=O)N(CCc2ccccc2)C1. The van der Waals surface area contributed by atoms with Gasteiger partial charge in [-0.15, -0.1) is 0 Å². The summed E-state index contributed by atoms with van der Waals surface area (Å²) in [5, 5.41) is 2.92. The third-order valence-electron chi connectivity index (χ3n) is 5.17. The smallest absolute Gasteiger partial charge is 0.225 e. The van der Waals surface area contributed by atoms with Crippen molar-refractivity contribution in [3.8, 4) is 0 Å². The van der Waals surface area contributed by atoms with E-state index in [9.17, 15) is 14.4 Å². The van der Waals surface area contributed by atoms with E-state index < -0.39 is 0 Å². The van der Waals surface area contributed by atoms with Gasteiger partial charge in [-0.05, 0) is 24.8 Å². The molecule has 0 radical (unpaired) electrons. The maximum absolute atomic E-state index is 12.3. The predicted octanol–water partition coefficient (Wildman–Crippen LogP) is 1.21. The van der Waals surface area contributed by atoms with Crippen LogP contribution in [0.4, 0.5) is 0 Å². The lowest BCUT2D eigenvalue weighted by molar-refractivity contribution is -0.129. The summed E-state index contributed by atoms with van der Waals surface area (Å²) in [5.41, 5.74) is 1.20. The molecule has 1 aromatic carbocycles. The molecule has 140 valence electrons. The van der Waals surface area contributed by atoms with E-state index in [-0.39, 0.29) is 23.6 Å². The number of hydrogen-bond donors (Lipinski definition) is 1. The molecule has 2 saturated heterocycles. The molecule has 2 aliphatic heterocycles. The Morgan fingerprint density at radius 1 is 1.08 bits per heavy atom. The van der Waals surface area contributed by atoms with Crippen LogP contribution >= 0.6 is 0 Å². The monoisotopic (exact) mass is 357 g/mol. The van der Waals surface area contributed by atoms with Gasteiger partial charge in [0.05, 0.1) is 5.92 Å². The number of rotatable bonds is 8. The molecule has 2 heterocycles. The summed E-state index contributed by atoms with van der Waals surface area (Å²) in [5.74, 6) is -0.0319. The van der Waals surface area contributed by atoms with Crippen molar-refractivity contribution in [2.75, 3.05) is 32.7 Å². The minimum atomic E-state index is -0.258. The van der Waals surface area contributed by atoms with Crippen LogP contribution in [0.2, 0.25) is 0 Å². The van der Waals surface area contributed by atoms with Gasteiger partial charge in [0, 0.05) is 45.6 Å². The van der Waals surface area contributed by atoms with Crippen LogP contribution in [-0.2, 0) is 20.8 Å². The second kappa shape index (κ2) is 8.83. The number of likely N-dealkylation sites (tertiary alicyclic amines) is 2. The number of benzene rings is 1. The van der Waals surface area contributed by atoms with E-state index in [0.29, 0.717) is 39.0 Å². The van der Waals surface area contributed by atoms with E-state index in [1.165, 1.54) is 5.56 Å². The average Bonchev–Trinajstić information content (AvgIpc) is 3.23. The molecule has 0 bridgehead atoms. The van der Waals surface area contributed by atoms with Crippen LogP contribution in [0.25, 0.3) is 0 Å². The first-order valence-electron chi connectivity index (χ1n) is 9.50. The van der Waals surface area contributed by atoms with Crippen molar-refractivity contribution >= 4 is 17.7 Å². The van der Waals surface area contributed by atoms with Gasteiger partial charge in [0.25, 0.3) is 0 Å². The number of amides is 3. The predicted molar refractivity (Wildman–Crippen MR) is 98.3 cm³/mol. The molecular formula is C20H27N3O3. The highest BCUT2D eigenvalue weighted by atomic mass is 16.2. The number of hydrogen-bond acceptors (Lipinski definition) is 3. The van der Waals surface area contributed by atoms with Crippen LogP contribution in [0.3, 0.4) is 0 Å². The number of nitrogens with zero attached hydrogens (tertiary/aromatic N) is 2. The molecule has 3 amide bonds. The lowest BCUT2D eigenvalue weighted by Gasteiger charge is -2.17. The summed E-state index contributed by atoms with van der Waals surface area (Å²) in [6, 6.07) is 10.1. The lowest BCUT2D eigenvalue weighted by Crippen LogP contribution is -2.35. The van der Waals surface area contributed by atoms with Crippen LogP contribution in [0.5, 0.6) is 0 Å². The molecule has 2 aliphatic rings. The number of carbonyl (C=O) groups excluding carboxylic acids is 3. The highest BCUT2D eigenvalue weighted by molar-refractivity contribution is 5.89. The lowest BCUT2D eigenvalue weighted by atomic mass is 10.1. The number of nitrogens with one attached hydrogen (secondary N) is 1. The largest absolute Gasteiger partial charge is 0.356 e. The second-order valence-electron chi connectivity index (χ2n) is 7.11. The van der Waals surface area contributed by atoms with E-state index in [1.54, 1.807) is 4.90 Å². The van der Waals surface area contributed by atoms with Gasteiger partial charge in [-0.1, -0.05) is 30.3 Å². The molecule has 1 unspecified atom stereocenters. The zero-order valence-corrected chi connectivity index (χ0v) is 15.2. The van der Waals surface area contributed by atoms with E-state index in [4.69, 9.17) is 0 Å². The molecular weight excluding hydrogens is 330 g/mol. The topological polar surface area (TPSA) is 69.7 Å². The zero-order chi connectivity index (χ0) is 18.4. The summed E-state index contributed by atoms with van der Waals surface area (Å²) < 4.78 is 0. The van der Waals surface area contributed by atoms with Crippen LogP contribution in [0, 0.1) is 5.92 Å². The molecule has 6 heteroatoms. The Morgan fingerprint density at radius 2 is 1.88 bits per heavy atom. The van der Waals surface area contributed by atoms with Crippen LogP contribution in [0.15, 0.2) is 30.3 Å². The van der Waals surface area contributed by atoms with Crippen molar-refractivity contribution < 1.29 is 14.4 Å². The molecule has 0 saturated carbocycles. The Bertz CT molecular complexity index is 647. The van der Waals surface area contributed by atoms with Gasteiger partial charge in [0.2, 0.25) is 17.7 Å². The van der Waals surface area contributed by atoms with Crippen LogP contribution in [-0.4, -0.2) is 60.2 Å². The van der Waals surface area contributed by atoms with Crippen LogP contribution in [0.1, 0.15) is 31.2 Å². The standard InChI is InChI=1S/C20H27N3O3/c24-18-8-4-11-22(18)12-5-10-21-20(26)17-14-19(25)23(15-17)13-9-16-6-2-1-3-7-16/h1-3,6-7,17H,4-5,8-15H2,(H,21,26). The Balaban J connectivity index is 1.36. The molecule has 6 nitrogen and oxygen atoms in total. The fraction of sp³-hybridized carbons (Fsp3) is 0.550. The molecule has 0 spiro atoms. The normalized spacial score (nSPS) is 20.1. The van der Waals surface area contributed by atoms with E-state index in [1.807, 2.05) is 23.1 Å². The highest BCUT2D eigenvalue weighted by Crippen LogP contribution is 2.18. The van der Waals surface area contributed by atoms with Crippen molar-refractivity contribution in [3.05, 3.63) is 35.9 Å². The van der Waals surface area contributed by atoms with Gasteiger partial charge >= 0.3 is 0 Å². The molecule has 0 aliphatic carbocycles. The first-order chi connectivity index (χ1) is 12.6. The fourth-order valence-electron chi connectivity index (χ4n) is 3.64. The van der Waals surface area contributed by atoms with E-state index >= 15 is 0 Å². The molecule has 0 aromatic heterocycles. The first-order valence-corrected chi connectivity index (χ1v) is 9.50. The van der Waals surface area contributed by atoms with Crippen molar-refractivity contribution in [1.82, 2.24) is 15.1 Å². The summed E-state index contributed by atoms with van der Waals surface area (Å²) in [6.07, 6.45) is 3.45. The minimum Gasteiger partial charge on any atom is -0.356 e. The van der Waals surface area contributed by atoms with Crippen molar-refractivity contribution in [3.63, 3.8) is 0 Å². The molecule has 1 atom stereocenters. The molecule has 3 rings (SSSR count). The Labute approximate surface area is 154 Å². The molecule has 26 heavy (non-hydrogen) atoms. The molecule has 1 N–H and O–H groups in total. The third-order valence-corrected chi connectivity index (χ3v) is 5.17. The Kier molecular flexibility index (Phi) is 6.26. The maximum Gasteiger partial charge on any atom is 0.225 e. The van der Waals surface area contributed by atoms with Crippen LogP contribution < -0.4 is 5.32 Å². The van der Waals surface area contributed by atoms with Gasteiger partial charge in [-0.3, -0.25) is 14.4 Å². The third kappa shape index (κ3) is 4.84. The van der Waals surface area contributed by atoms with Gasteiger partial charge < -0.3 is 15.1 Å². The second-order valence-corrected chi connectivity index (χ2v) is 7.11. The van der Waals surface area contributed by atoms with Crippen molar-refractivity contribution in [1.29, 1.82) is 0 Å².